The maximum absolute atomic E-state index is 11.7. The van der Waals surface area contributed by atoms with Gasteiger partial charge >= 0.3 is 5.97 Å². The molecule has 2 fully saturated rings. The monoisotopic (exact) mass is 216 g/mol. The summed E-state index contributed by atoms with van der Waals surface area (Å²) in [5.74, 6) is 0.240. The summed E-state index contributed by atoms with van der Waals surface area (Å²) >= 11 is 5.59. The SMILES string of the molecule is O=C1CC[C@H]2C[C@]1(CCCCl)C(=O)O2. The molecule has 1 aliphatic heterocycles. The maximum Gasteiger partial charge on any atom is 0.320 e. The topological polar surface area (TPSA) is 43.4 Å². The lowest BCUT2D eigenvalue weighted by atomic mass is 9.71. The molecule has 4 heteroatoms. The number of Topliss-reactive ketones (excluding diaryl/α,β-unsaturated/α-hetero) is 1. The molecule has 0 radical (unpaired) electrons. The summed E-state index contributed by atoms with van der Waals surface area (Å²) in [6.07, 6.45) is 3.02. The van der Waals surface area contributed by atoms with Crippen molar-refractivity contribution in [3.8, 4) is 0 Å². The molecule has 1 heterocycles. The van der Waals surface area contributed by atoms with Gasteiger partial charge in [-0.1, -0.05) is 0 Å². The Morgan fingerprint density at radius 1 is 1.50 bits per heavy atom. The van der Waals surface area contributed by atoms with Crippen molar-refractivity contribution in [1.82, 2.24) is 0 Å². The van der Waals surface area contributed by atoms with Gasteiger partial charge in [-0.2, -0.15) is 0 Å². The molecule has 0 amide bonds. The Labute approximate surface area is 87.8 Å². The van der Waals surface area contributed by atoms with E-state index in [0.717, 1.165) is 0 Å². The fraction of sp³-hybridized carbons (Fsp3) is 0.800. The highest BCUT2D eigenvalue weighted by Crippen LogP contribution is 2.45. The van der Waals surface area contributed by atoms with E-state index in [-0.39, 0.29) is 17.9 Å². The summed E-state index contributed by atoms with van der Waals surface area (Å²) in [4.78, 5) is 23.4. The Balaban J connectivity index is 2.19. The standard InChI is InChI=1S/C10H13ClO3/c11-5-1-4-10-6-7(14-9(10)13)2-3-8(10)12/h7H,1-6H2/t7-,10-/m0/s1. The van der Waals surface area contributed by atoms with Gasteiger partial charge in [0, 0.05) is 18.7 Å². The molecular weight excluding hydrogens is 204 g/mol. The number of rotatable bonds is 3. The molecule has 0 N–H and O–H groups in total. The molecule has 78 valence electrons. The van der Waals surface area contributed by atoms with Gasteiger partial charge in [0.15, 0.2) is 0 Å². The van der Waals surface area contributed by atoms with Crippen LogP contribution in [-0.2, 0) is 14.3 Å². The van der Waals surface area contributed by atoms with Crippen molar-refractivity contribution in [3.63, 3.8) is 0 Å². The fourth-order valence-electron chi connectivity index (χ4n) is 2.41. The molecule has 0 spiro atoms. The lowest BCUT2D eigenvalue weighted by molar-refractivity contribution is -0.151. The molecule has 0 aromatic rings. The zero-order chi connectivity index (χ0) is 10.2. The predicted octanol–water partition coefficient (Wildman–Crippen LogP) is 1.67. The van der Waals surface area contributed by atoms with Crippen molar-refractivity contribution in [2.75, 3.05) is 5.88 Å². The van der Waals surface area contributed by atoms with Gasteiger partial charge in [-0.15, -0.1) is 11.6 Å². The van der Waals surface area contributed by atoms with Crippen LogP contribution in [0.5, 0.6) is 0 Å². The molecule has 1 saturated carbocycles. The summed E-state index contributed by atoms with van der Waals surface area (Å²) in [6.45, 7) is 0. The lowest BCUT2D eigenvalue weighted by Crippen LogP contribution is -2.37. The Morgan fingerprint density at radius 2 is 2.29 bits per heavy atom. The third-order valence-corrected chi connectivity index (χ3v) is 3.47. The summed E-state index contributed by atoms with van der Waals surface area (Å²) in [6, 6.07) is 0. The quantitative estimate of drug-likeness (QED) is 0.410. The van der Waals surface area contributed by atoms with Crippen molar-refractivity contribution in [1.29, 1.82) is 0 Å². The fourth-order valence-corrected chi connectivity index (χ4v) is 2.54. The minimum Gasteiger partial charge on any atom is -0.462 e. The molecule has 0 aromatic heterocycles. The van der Waals surface area contributed by atoms with E-state index in [1.807, 2.05) is 0 Å². The third-order valence-electron chi connectivity index (χ3n) is 3.20. The summed E-state index contributed by atoms with van der Waals surface area (Å²) in [5, 5.41) is 0. The number of ketones is 1. The van der Waals surface area contributed by atoms with Crippen LogP contribution in [0.1, 0.15) is 32.1 Å². The highest BCUT2D eigenvalue weighted by atomic mass is 35.5. The van der Waals surface area contributed by atoms with E-state index >= 15 is 0 Å². The molecule has 14 heavy (non-hydrogen) atoms. The van der Waals surface area contributed by atoms with Gasteiger partial charge in [-0.3, -0.25) is 9.59 Å². The maximum atomic E-state index is 11.7. The van der Waals surface area contributed by atoms with Gasteiger partial charge in [0.1, 0.15) is 17.3 Å². The Morgan fingerprint density at radius 3 is 3.00 bits per heavy atom. The Kier molecular flexibility index (Phi) is 2.52. The Hall–Kier alpha value is -0.570. The van der Waals surface area contributed by atoms with Crippen LogP contribution in [0.3, 0.4) is 0 Å². The van der Waals surface area contributed by atoms with Crippen LogP contribution in [0.4, 0.5) is 0 Å². The van der Waals surface area contributed by atoms with Crippen LogP contribution in [0.25, 0.3) is 0 Å². The number of halogens is 1. The van der Waals surface area contributed by atoms with Gasteiger partial charge in [0.2, 0.25) is 0 Å². The van der Waals surface area contributed by atoms with Crippen LogP contribution in [0.15, 0.2) is 0 Å². The first-order valence-corrected chi connectivity index (χ1v) is 5.53. The van der Waals surface area contributed by atoms with Gasteiger partial charge in [-0.25, -0.2) is 0 Å². The molecule has 2 bridgehead atoms. The van der Waals surface area contributed by atoms with E-state index in [1.165, 1.54) is 0 Å². The molecule has 0 aromatic carbocycles. The first-order chi connectivity index (χ1) is 6.69. The molecule has 1 saturated heterocycles. The van der Waals surface area contributed by atoms with Gasteiger partial charge in [-0.05, 0) is 19.3 Å². The van der Waals surface area contributed by atoms with Crippen LogP contribution in [0, 0.1) is 5.41 Å². The van der Waals surface area contributed by atoms with Crippen molar-refractivity contribution in [3.05, 3.63) is 0 Å². The number of alkyl halides is 1. The normalized spacial score (nSPS) is 35.9. The number of fused-ring (bicyclic) bond motifs is 2. The van der Waals surface area contributed by atoms with E-state index in [1.54, 1.807) is 0 Å². The number of esters is 1. The highest BCUT2D eigenvalue weighted by molar-refractivity contribution is 6.17. The van der Waals surface area contributed by atoms with Gasteiger partial charge in [0.25, 0.3) is 0 Å². The number of hydrogen-bond donors (Lipinski definition) is 0. The zero-order valence-electron chi connectivity index (χ0n) is 7.92. The summed E-state index contributed by atoms with van der Waals surface area (Å²) in [5.41, 5.74) is -0.822. The second-order valence-electron chi connectivity index (χ2n) is 4.07. The lowest BCUT2D eigenvalue weighted by Gasteiger charge is -2.25. The van der Waals surface area contributed by atoms with Crippen LogP contribution < -0.4 is 0 Å². The smallest absolute Gasteiger partial charge is 0.320 e. The third kappa shape index (κ3) is 1.34. The molecular formula is C10H13ClO3. The minimum absolute atomic E-state index is 0.0180. The largest absolute Gasteiger partial charge is 0.462 e. The van der Waals surface area contributed by atoms with E-state index in [9.17, 15) is 9.59 Å². The van der Waals surface area contributed by atoms with E-state index in [4.69, 9.17) is 16.3 Å². The van der Waals surface area contributed by atoms with Crippen LogP contribution >= 0.6 is 11.6 Å². The molecule has 1 aliphatic carbocycles. The van der Waals surface area contributed by atoms with Crippen molar-refractivity contribution in [2.45, 2.75) is 38.2 Å². The van der Waals surface area contributed by atoms with Crippen LogP contribution in [-0.4, -0.2) is 23.7 Å². The number of hydrogen-bond acceptors (Lipinski definition) is 3. The first kappa shape index (κ1) is 9.97. The molecule has 0 unspecified atom stereocenters. The highest BCUT2D eigenvalue weighted by Gasteiger charge is 2.56. The molecule has 2 aliphatic rings. The molecule has 2 atom stereocenters. The zero-order valence-corrected chi connectivity index (χ0v) is 8.68. The molecule has 3 nitrogen and oxygen atoms in total. The average Bonchev–Trinajstić information content (AvgIpc) is 2.45. The minimum atomic E-state index is -0.822. The number of carbonyl (C=O) groups is 2. The number of ether oxygens (including phenoxy) is 1. The van der Waals surface area contributed by atoms with Gasteiger partial charge < -0.3 is 4.74 Å². The molecule has 2 rings (SSSR count). The first-order valence-electron chi connectivity index (χ1n) is 4.99. The predicted molar refractivity (Wildman–Crippen MR) is 51.1 cm³/mol. The van der Waals surface area contributed by atoms with Crippen molar-refractivity contribution in [2.24, 2.45) is 5.41 Å². The Bertz CT molecular complexity index is 267. The second-order valence-corrected chi connectivity index (χ2v) is 4.45. The summed E-state index contributed by atoms with van der Waals surface area (Å²) in [7, 11) is 0. The van der Waals surface area contributed by atoms with Crippen molar-refractivity contribution >= 4 is 23.4 Å². The summed E-state index contributed by atoms with van der Waals surface area (Å²) < 4.78 is 5.15. The average molecular weight is 217 g/mol. The van der Waals surface area contributed by atoms with E-state index in [0.29, 0.717) is 38.0 Å². The van der Waals surface area contributed by atoms with Gasteiger partial charge in [0.05, 0.1) is 0 Å². The van der Waals surface area contributed by atoms with E-state index < -0.39 is 5.41 Å². The number of carbonyl (C=O) groups excluding carboxylic acids is 2. The van der Waals surface area contributed by atoms with E-state index in [2.05, 4.69) is 0 Å². The van der Waals surface area contributed by atoms with Crippen molar-refractivity contribution < 1.29 is 14.3 Å². The second kappa shape index (κ2) is 3.54. The van der Waals surface area contributed by atoms with Crippen LogP contribution in [0.2, 0.25) is 0 Å².